The van der Waals surface area contributed by atoms with Crippen molar-refractivity contribution in [2.45, 2.75) is 142 Å². The molecule has 0 bridgehead atoms. The predicted molar refractivity (Wildman–Crippen MR) is 156 cm³/mol. The fourth-order valence-corrected chi connectivity index (χ4v) is 4.71. The van der Waals surface area contributed by atoms with Crippen LogP contribution in [0.1, 0.15) is 142 Å². The number of esters is 1. The molecule has 206 valence electrons. The molecular formula is C33H52N2O2. The summed E-state index contributed by atoms with van der Waals surface area (Å²) in [5.41, 5.74) is 2.90. The van der Waals surface area contributed by atoms with Crippen LogP contribution < -0.4 is 4.74 Å². The van der Waals surface area contributed by atoms with E-state index < -0.39 is 0 Å². The standard InChI is InChI=1S/C33H52N2O2/c1-3-5-7-9-11-12-13-14-16-17-19-21-30-27-35-32(28-34-30)29-23-25-31(26-24-29)37-33(36)22-20-18-15-10-8-6-4-2/h23-28H,3-22H2,1-2H3. The Hall–Kier alpha value is -2.23. The molecule has 0 saturated heterocycles. The van der Waals surface area contributed by atoms with Gasteiger partial charge in [0.2, 0.25) is 0 Å². The van der Waals surface area contributed by atoms with Crippen molar-refractivity contribution in [3.05, 3.63) is 42.4 Å². The third-order valence-corrected chi connectivity index (χ3v) is 7.11. The van der Waals surface area contributed by atoms with Crippen molar-refractivity contribution in [1.29, 1.82) is 0 Å². The fourth-order valence-electron chi connectivity index (χ4n) is 4.71. The number of nitrogens with zero attached hydrogens (tertiary/aromatic N) is 2. The second-order valence-electron chi connectivity index (χ2n) is 10.5. The number of carbonyl (C=O) groups is 1. The van der Waals surface area contributed by atoms with E-state index in [2.05, 4.69) is 23.8 Å². The number of ether oxygens (including phenoxy) is 1. The Labute approximate surface area is 227 Å². The first-order chi connectivity index (χ1) is 18.2. The van der Waals surface area contributed by atoms with Gasteiger partial charge in [-0.2, -0.15) is 0 Å². The van der Waals surface area contributed by atoms with Gasteiger partial charge in [0, 0.05) is 18.2 Å². The fraction of sp³-hybridized carbons (Fsp3) is 0.667. The number of benzene rings is 1. The molecule has 0 saturated carbocycles. The van der Waals surface area contributed by atoms with Crippen LogP contribution in [-0.4, -0.2) is 15.9 Å². The van der Waals surface area contributed by atoms with E-state index in [9.17, 15) is 4.79 Å². The second kappa shape index (κ2) is 20.8. The van der Waals surface area contributed by atoms with Gasteiger partial charge < -0.3 is 4.74 Å². The van der Waals surface area contributed by atoms with Crippen LogP contribution in [0.4, 0.5) is 0 Å². The normalized spacial score (nSPS) is 11.1. The van der Waals surface area contributed by atoms with Gasteiger partial charge in [0.15, 0.2) is 0 Å². The summed E-state index contributed by atoms with van der Waals surface area (Å²) in [5, 5.41) is 0. The number of hydrogen-bond donors (Lipinski definition) is 0. The molecule has 0 N–H and O–H groups in total. The average molecular weight is 509 g/mol. The van der Waals surface area contributed by atoms with Gasteiger partial charge in [-0.15, -0.1) is 0 Å². The third-order valence-electron chi connectivity index (χ3n) is 7.11. The lowest BCUT2D eigenvalue weighted by Gasteiger charge is -2.07. The molecule has 37 heavy (non-hydrogen) atoms. The first kappa shape index (κ1) is 31.0. The Morgan fingerprint density at radius 2 is 1.14 bits per heavy atom. The predicted octanol–water partition coefficient (Wildman–Crippen LogP) is 10.0. The molecule has 0 aliphatic heterocycles. The van der Waals surface area contributed by atoms with E-state index >= 15 is 0 Å². The maximum absolute atomic E-state index is 12.1. The van der Waals surface area contributed by atoms with Crippen molar-refractivity contribution in [3.8, 4) is 17.0 Å². The highest BCUT2D eigenvalue weighted by Gasteiger charge is 2.07. The molecule has 0 aliphatic rings. The highest BCUT2D eigenvalue weighted by atomic mass is 16.5. The van der Waals surface area contributed by atoms with Gasteiger partial charge in [0.25, 0.3) is 0 Å². The maximum atomic E-state index is 12.1. The van der Waals surface area contributed by atoms with Crippen LogP contribution in [0.3, 0.4) is 0 Å². The molecule has 2 aromatic rings. The molecule has 0 aliphatic carbocycles. The van der Waals surface area contributed by atoms with E-state index in [1.165, 1.54) is 103 Å². The Kier molecular flexibility index (Phi) is 17.4. The van der Waals surface area contributed by atoms with E-state index in [1.54, 1.807) is 0 Å². The summed E-state index contributed by atoms with van der Waals surface area (Å²) in [6, 6.07) is 7.59. The molecule has 1 heterocycles. The minimum atomic E-state index is -0.145. The number of rotatable bonds is 22. The van der Waals surface area contributed by atoms with Crippen molar-refractivity contribution >= 4 is 5.97 Å². The van der Waals surface area contributed by atoms with Crippen LogP contribution in [0.2, 0.25) is 0 Å². The molecular weight excluding hydrogens is 456 g/mol. The third kappa shape index (κ3) is 14.9. The molecule has 4 nitrogen and oxygen atoms in total. The molecule has 0 atom stereocenters. The smallest absolute Gasteiger partial charge is 0.311 e. The largest absolute Gasteiger partial charge is 0.427 e. The molecule has 1 aromatic carbocycles. The van der Waals surface area contributed by atoms with Gasteiger partial charge >= 0.3 is 5.97 Å². The van der Waals surface area contributed by atoms with Crippen LogP contribution in [0.25, 0.3) is 11.3 Å². The summed E-state index contributed by atoms with van der Waals surface area (Å²) in [7, 11) is 0. The van der Waals surface area contributed by atoms with Crippen LogP contribution in [-0.2, 0) is 11.2 Å². The molecule has 0 radical (unpaired) electrons. The molecule has 0 fully saturated rings. The Balaban J connectivity index is 1.58. The first-order valence-corrected chi connectivity index (χ1v) is 15.3. The number of carbonyl (C=O) groups excluding carboxylic acids is 1. The van der Waals surface area contributed by atoms with Gasteiger partial charge in [0.05, 0.1) is 17.6 Å². The quantitative estimate of drug-likeness (QED) is 0.0901. The first-order valence-electron chi connectivity index (χ1n) is 15.3. The second-order valence-corrected chi connectivity index (χ2v) is 10.5. The number of aromatic nitrogens is 2. The molecule has 0 unspecified atom stereocenters. The van der Waals surface area contributed by atoms with E-state index in [0.29, 0.717) is 12.2 Å². The number of unbranched alkanes of at least 4 members (excludes halogenated alkanes) is 16. The average Bonchev–Trinajstić information content (AvgIpc) is 2.92. The zero-order chi connectivity index (χ0) is 26.4. The molecule has 4 heteroatoms. The Bertz CT molecular complexity index is 817. The summed E-state index contributed by atoms with van der Waals surface area (Å²) < 4.78 is 5.50. The Morgan fingerprint density at radius 1 is 0.622 bits per heavy atom. The van der Waals surface area contributed by atoms with Gasteiger partial charge in [-0.3, -0.25) is 14.8 Å². The van der Waals surface area contributed by atoms with Crippen molar-refractivity contribution in [2.24, 2.45) is 0 Å². The summed E-state index contributed by atoms with van der Waals surface area (Å²) in [6.07, 6.45) is 28.5. The SMILES string of the molecule is CCCCCCCCCCCCCc1cnc(-c2ccc(OC(=O)CCCCCCCCC)cc2)cn1. The molecule has 2 rings (SSSR count). The van der Waals surface area contributed by atoms with Crippen molar-refractivity contribution in [3.63, 3.8) is 0 Å². The van der Waals surface area contributed by atoms with E-state index in [0.717, 1.165) is 36.2 Å². The van der Waals surface area contributed by atoms with Crippen LogP contribution in [0.5, 0.6) is 5.75 Å². The van der Waals surface area contributed by atoms with Gasteiger partial charge in [-0.1, -0.05) is 117 Å². The topological polar surface area (TPSA) is 52.1 Å². The zero-order valence-electron chi connectivity index (χ0n) is 23.8. The van der Waals surface area contributed by atoms with Gasteiger partial charge in [-0.05, 0) is 43.5 Å². The van der Waals surface area contributed by atoms with E-state index in [-0.39, 0.29) is 5.97 Å². The maximum Gasteiger partial charge on any atom is 0.311 e. The van der Waals surface area contributed by atoms with Crippen LogP contribution in [0.15, 0.2) is 36.7 Å². The number of aryl methyl sites for hydroxylation is 1. The minimum absolute atomic E-state index is 0.145. The summed E-state index contributed by atoms with van der Waals surface area (Å²) in [4.78, 5) is 21.4. The Morgan fingerprint density at radius 3 is 1.65 bits per heavy atom. The van der Waals surface area contributed by atoms with Gasteiger partial charge in [-0.25, -0.2) is 0 Å². The monoisotopic (exact) mass is 508 g/mol. The minimum Gasteiger partial charge on any atom is -0.427 e. The molecule has 1 aromatic heterocycles. The van der Waals surface area contributed by atoms with Crippen molar-refractivity contribution < 1.29 is 9.53 Å². The lowest BCUT2D eigenvalue weighted by atomic mass is 10.0. The highest BCUT2D eigenvalue weighted by molar-refractivity contribution is 5.72. The number of hydrogen-bond acceptors (Lipinski definition) is 4. The van der Waals surface area contributed by atoms with Crippen molar-refractivity contribution in [1.82, 2.24) is 9.97 Å². The summed E-state index contributed by atoms with van der Waals surface area (Å²) in [6.45, 7) is 4.50. The van der Waals surface area contributed by atoms with Crippen LogP contribution >= 0.6 is 0 Å². The van der Waals surface area contributed by atoms with E-state index in [1.807, 2.05) is 36.7 Å². The van der Waals surface area contributed by atoms with Gasteiger partial charge in [0.1, 0.15) is 5.75 Å². The summed E-state index contributed by atoms with van der Waals surface area (Å²) in [5.74, 6) is 0.450. The summed E-state index contributed by atoms with van der Waals surface area (Å²) >= 11 is 0. The zero-order valence-corrected chi connectivity index (χ0v) is 23.8. The van der Waals surface area contributed by atoms with Crippen LogP contribution in [0, 0.1) is 0 Å². The lowest BCUT2D eigenvalue weighted by molar-refractivity contribution is -0.134. The highest BCUT2D eigenvalue weighted by Crippen LogP contribution is 2.21. The van der Waals surface area contributed by atoms with E-state index in [4.69, 9.17) is 4.74 Å². The molecule has 0 spiro atoms. The molecule has 0 amide bonds. The lowest BCUT2D eigenvalue weighted by Crippen LogP contribution is -2.07. The van der Waals surface area contributed by atoms with Crippen molar-refractivity contribution in [2.75, 3.05) is 0 Å².